The van der Waals surface area contributed by atoms with Gasteiger partial charge in [0.15, 0.2) is 14.7 Å². The maximum Gasteiger partial charge on any atom is 0.200 e. The molecule has 2 unspecified atom stereocenters. The Labute approximate surface area is 85.6 Å². The molecule has 0 aromatic rings. The van der Waals surface area contributed by atoms with Crippen LogP contribution < -0.4 is 0 Å². The minimum absolute atomic E-state index is 0.271. The minimum Gasteiger partial charge on any atom is -0.344 e. The maximum atomic E-state index is 11.2. The van der Waals surface area contributed by atoms with Crippen molar-refractivity contribution in [2.45, 2.75) is 26.7 Å². The average molecular weight is 242 g/mol. The first-order chi connectivity index (χ1) is 6.33. The van der Waals surface area contributed by atoms with Gasteiger partial charge in [0.2, 0.25) is 0 Å². The Bertz CT molecular complexity index is 226. The SMILES string of the molecule is CCP(=O)(O)CCCCP(=O)(O)CC. The summed E-state index contributed by atoms with van der Waals surface area (Å²) in [5, 5.41) is 0. The van der Waals surface area contributed by atoms with E-state index in [0.29, 0.717) is 12.8 Å². The summed E-state index contributed by atoms with van der Waals surface area (Å²) >= 11 is 0. The van der Waals surface area contributed by atoms with E-state index in [2.05, 4.69) is 0 Å². The van der Waals surface area contributed by atoms with Gasteiger partial charge in [-0.1, -0.05) is 13.8 Å². The number of rotatable bonds is 7. The van der Waals surface area contributed by atoms with Gasteiger partial charge < -0.3 is 9.79 Å². The third-order valence-electron chi connectivity index (χ3n) is 2.25. The second-order valence-corrected chi connectivity index (χ2v) is 9.02. The van der Waals surface area contributed by atoms with Crippen LogP contribution in [0.15, 0.2) is 0 Å². The van der Waals surface area contributed by atoms with Crippen LogP contribution in [0.4, 0.5) is 0 Å². The molecule has 0 saturated heterocycles. The van der Waals surface area contributed by atoms with E-state index in [0.717, 1.165) is 0 Å². The van der Waals surface area contributed by atoms with Crippen molar-refractivity contribution in [1.82, 2.24) is 0 Å². The van der Waals surface area contributed by atoms with Gasteiger partial charge in [-0.15, -0.1) is 0 Å². The second kappa shape index (κ2) is 6.07. The van der Waals surface area contributed by atoms with E-state index in [4.69, 9.17) is 0 Å². The molecule has 4 nitrogen and oxygen atoms in total. The van der Waals surface area contributed by atoms with Crippen molar-refractivity contribution >= 4 is 14.7 Å². The smallest absolute Gasteiger partial charge is 0.200 e. The highest BCUT2D eigenvalue weighted by atomic mass is 31.2. The molecule has 0 spiro atoms. The summed E-state index contributed by atoms with van der Waals surface area (Å²) in [6, 6.07) is 0. The summed E-state index contributed by atoms with van der Waals surface area (Å²) in [4.78, 5) is 18.5. The fourth-order valence-electron chi connectivity index (χ4n) is 1.03. The van der Waals surface area contributed by atoms with Gasteiger partial charge in [0, 0.05) is 24.6 Å². The highest BCUT2D eigenvalue weighted by Crippen LogP contribution is 2.43. The lowest BCUT2D eigenvalue weighted by Gasteiger charge is -2.10. The van der Waals surface area contributed by atoms with E-state index in [1.807, 2.05) is 0 Å². The van der Waals surface area contributed by atoms with Crippen LogP contribution in [0.5, 0.6) is 0 Å². The van der Waals surface area contributed by atoms with Gasteiger partial charge in [-0.25, -0.2) is 0 Å². The van der Waals surface area contributed by atoms with Crippen LogP contribution >= 0.6 is 14.7 Å². The fraction of sp³-hybridized carbons (Fsp3) is 1.00. The normalized spacial score (nSPS) is 20.0. The van der Waals surface area contributed by atoms with Crippen molar-refractivity contribution in [2.24, 2.45) is 0 Å². The predicted octanol–water partition coefficient (Wildman–Crippen LogP) is 2.35. The standard InChI is InChI=1S/C8H20O4P2/c1-3-13(9,10)7-5-6-8-14(11,12)4-2/h3-8H2,1-2H3,(H,9,10)(H,11,12). The van der Waals surface area contributed by atoms with Crippen LogP contribution in [0.3, 0.4) is 0 Å². The first kappa shape index (κ1) is 14.4. The summed E-state index contributed by atoms with van der Waals surface area (Å²) in [5.74, 6) is 0. The summed E-state index contributed by atoms with van der Waals surface area (Å²) in [6.45, 7) is 3.37. The third-order valence-corrected chi connectivity index (χ3v) is 6.26. The molecule has 0 amide bonds. The van der Waals surface area contributed by atoms with Crippen LogP contribution in [0.25, 0.3) is 0 Å². The molecular weight excluding hydrogens is 222 g/mol. The molecule has 2 atom stereocenters. The van der Waals surface area contributed by atoms with Gasteiger partial charge in [0.25, 0.3) is 0 Å². The highest BCUT2D eigenvalue weighted by molar-refractivity contribution is 7.58. The van der Waals surface area contributed by atoms with Gasteiger partial charge in [0.05, 0.1) is 0 Å². The zero-order valence-corrected chi connectivity index (χ0v) is 10.6. The van der Waals surface area contributed by atoms with Gasteiger partial charge in [-0.05, 0) is 12.8 Å². The molecule has 0 heterocycles. The van der Waals surface area contributed by atoms with Crippen molar-refractivity contribution < 1.29 is 18.9 Å². The van der Waals surface area contributed by atoms with Crippen molar-refractivity contribution in [3.8, 4) is 0 Å². The lowest BCUT2D eigenvalue weighted by Crippen LogP contribution is -1.96. The molecule has 0 aliphatic rings. The molecular formula is C8H20O4P2. The van der Waals surface area contributed by atoms with E-state index in [1.165, 1.54) is 0 Å². The Morgan fingerprint density at radius 2 is 1.14 bits per heavy atom. The highest BCUT2D eigenvalue weighted by Gasteiger charge is 2.17. The first-order valence-electron chi connectivity index (χ1n) is 4.94. The molecule has 6 heteroatoms. The van der Waals surface area contributed by atoms with Crippen LogP contribution in [0.2, 0.25) is 0 Å². The lowest BCUT2D eigenvalue weighted by molar-refractivity contribution is 0.470. The van der Waals surface area contributed by atoms with Gasteiger partial charge in [-0.2, -0.15) is 0 Å². The van der Waals surface area contributed by atoms with Crippen LogP contribution in [-0.2, 0) is 9.13 Å². The second-order valence-electron chi connectivity index (χ2n) is 3.48. The van der Waals surface area contributed by atoms with Crippen LogP contribution in [0, 0.1) is 0 Å². The molecule has 0 bridgehead atoms. The van der Waals surface area contributed by atoms with E-state index < -0.39 is 14.7 Å². The molecule has 2 N–H and O–H groups in total. The molecule has 0 aromatic carbocycles. The number of hydrogen-bond donors (Lipinski definition) is 2. The summed E-state index contributed by atoms with van der Waals surface area (Å²) in [5.41, 5.74) is 0. The molecule has 0 radical (unpaired) electrons. The Kier molecular flexibility index (Phi) is 6.24. The number of unbranched alkanes of at least 4 members (excludes halogenated alkanes) is 1. The van der Waals surface area contributed by atoms with E-state index in [9.17, 15) is 18.9 Å². The van der Waals surface area contributed by atoms with Crippen LogP contribution in [0.1, 0.15) is 26.7 Å². The maximum absolute atomic E-state index is 11.2. The molecule has 0 saturated carbocycles. The van der Waals surface area contributed by atoms with Gasteiger partial charge in [0.1, 0.15) is 0 Å². The Hall–Kier alpha value is 0.380. The molecule has 0 aromatic heterocycles. The summed E-state index contributed by atoms with van der Waals surface area (Å²) < 4.78 is 22.4. The largest absolute Gasteiger partial charge is 0.344 e. The van der Waals surface area contributed by atoms with E-state index in [1.54, 1.807) is 13.8 Å². The Morgan fingerprint density at radius 3 is 1.36 bits per heavy atom. The molecule has 0 fully saturated rings. The predicted molar refractivity (Wildman–Crippen MR) is 59.7 cm³/mol. The zero-order chi connectivity index (χ0) is 11.2. The molecule has 14 heavy (non-hydrogen) atoms. The molecule has 86 valence electrons. The quantitative estimate of drug-likeness (QED) is 0.530. The monoisotopic (exact) mass is 242 g/mol. The molecule has 0 aliphatic heterocycles. The first-order valence-corrected chi connectivity index (χ1v) is 9.00. The Morgan fingerprint density at radius 1 is 0.857 bits per heavy atom. The van der Waals surface area contributed by atoms with Gasteiger partial charge in [-0.3, -0.25) is 9.13 Å². The molecule has 0 aliphatic carbocycles. The van der Waals surface area contributed by atoms with Crippen molar-refractivity contribution in [3.63, 3.8) is 0 Å². The molecule has 0 rings (SSSR count). The van der Waals surface area contributed by atoms with E-state index in [-0.39, 0.29) is 24.6 Å². The summed E-state index contributed by atoms with van der Waals surface area (Å²) in [6.07, 6.45) is 2.24. The van der Waals surface area contributed by atoms with Crippen molar-refractivity contribution in [1.29, 1.82) is 0 Å². The fourth-order valence-corrected chi connectivity index (χ4v) is 3.10. The average Bonchev–Trinajstić information content (AvgIpc) is 2.13. The minimum atomic E-state index is -2.94. The topological polar surface area (TPSA) is 74.6 Å². The van der Waals surface area contributed by atoms with Crippen molar-refractivity contribution in [3.05, 3.63) is 0 Å². The van der Waals surface area contributed by atoms with Crippen LogP contribution in [-0.4, -0.2) is 34.4 Å². The summed E-state index contributed by atoms with van der Waals surface area (Å²) in [7, 11) is -5.87. The zero-order valence-electron chi connectivity index (χ0n) is 8.85. The van der Waals surface area contributed by atoms with Crippen molar-refractivity contribution in [2.75, 3.05) is 24.6 Å². The number of hydrogen-bond acceptors (Lipinski definition) is 2. The third kappa shape index (κ3) is 6.78. The Balaban J connectivity index is 3.68. The van der Waals surface area contributed by atoms with Gasteiger partial charge >= 0.3 is 0 Å². The lowest BCUT2D eigenvalue weighted by atomic mass is 10.4. The van der Waals surface area contributed by atoms with E-state index >= 15 is 0 Å².